The number of rotatable bonds is 1. The van der Waals surface area contributed by atoms with Gasteiger partial charge in [0.2, 0.25) is 0 Å². The van der Waals surface area contributed by atoms with Crippen molar-refractivity contribution in [2.75, 3.05) is 13.1 Å². The van der Waals surface area contributed by atoms with Gasteiger partial charge >= 0.3 is 5.97 Å². The maximum atomic E-state index is 10.7. The molecule has 0 radical (unpaired) electrons. The zero-order valence-corrected chi connectivity index (χ0v) is 8.45. The highest BCUT2D eigenvalue weighted by atomic mass is 16.4. The van der Waals surface area contributed by atoms with Gasteiger partial charge in [-0.15, -0.1) is 0 Å². The van der Waals surface area contributed by atoms with Crippen LogP contribution in [-0.4, -0.2) is 34.6 Å². The highest BCUT2D eigenvalue weighted by Crippen LogP contribution is 2.53. The Hall–Kier alpha value is -0.570. The third-order valence-corrected chi connectivity index (χ3v) is 3.43. The molecule has 1 heterocycles. The lowest BCUT2D eigenvalue weighted by Gasteiger charge is -2.33. The van der Waals surface area contributed by atoms with Crippen molar-refractivity contribution in [3.05, 3.63) is 0 Å². The zero-order valence-electron chi connectivity index (χ0n) is 8.45. The van der Waals surface area contributed by atoms with E-state index in [9.17, 15) is 4.79 Å². The Kier molecular flexibility index (Phi) is 1.71. The second-order valence-corrected chi connectivity index (χ2v) is 5.27. The Morgan fingerprint density at radius 3 is 2.08 bits per heavy atom. The summed E-state index contributed by atoms with van der Waals surface area (Å²) in [6.45, 7) is 8.52. The van der Waals surface area contributed by atoms with E-state index in [0.717, 1.165) is 13.1 Å². The van der Waals surface area contributed by atoms with Crippen LogP contribution in [0.25, 0.3) is 0 Å². The fraction of sp³-hybridized carbons (Fsp3) is 0.900. The molecule has 0 spiro atoms. The molecule has 2 unspecified atom stereocenters. The van der Waals surface area contributed by atoms with Crippen molar-refractivity contribution >= 4 is 5.97 Å². The molecular weight excluding hydrogens is 166 g/mol. The molecule has 13 heavy (non-hydrogen) atoms. The third kappa shape index (κ3) is 1.35. The van der Waals surface area contributed by atoms with Crippen molar-refractivity contribution in [2.45, 2.75) is 26.3 Å². The number of nitrogens with zero attached hydrogens (tertiary/aromatic N) is 1. The third-order valence-electron chi connectivity index (χ3n) is 3.43. The maximum absolute atomic E-state index is 10.7. The second kappa shape index (κ2) is 2.47. The maximum Gasteiger partial charge on any atom is 0.307 e. The van der Waals surface area contributed by atoms with Crippen LogP contribution in [0.2, 0.25) is 0 Å². The van der Waals surface area contributed by atoms with Crippen molar-refractivity contribution in [1.29, 1.82) is 0 Å². The SMILES string of the molecule is CC(C)(C)N1CC2C(C1)C2C(=O)O. The number of fused-ring (bicyclic) bond motifs is 1. The number of piperidine rings is 1. The molecule has 3 heteroatoms. The van der Waals surface area contributed by atoms with E-state index in [4.69, 9.17) is 5.11 Å². The van der Waals surface area contributed by atoms with Gasteiger partial charge in [0.15, 0.2) is 0 Å². The standard InChI is InChI=1S/C10H17NO2/c1-10(2,3)11-4-6-7(5-11)8(6)9(12)13/h6-8H,4-5H2,1-3H3,(H,12,13). The molecule has 0 aromatic carbocycles. The number of carboxylic acid groups (broad SMARTS) is 1. The van der Waals surface area contributed by atoms with E-state index in [1.54, 1.807) is 0 Å². The van der Waals surface area contributed by atoms with Gasteiger partial charge < -0.3 is 5.11 Å². The number of carbonyl (C=O) groups is 1. The topological polar surface area (TPSA) is 40.5 Å². The van der Waals surface area contributed by atoms with Crippen LogP contribution in [0.3, 0.4) is 0 Å². The summed E-state index contributed by atoms with van der Waals surface area (Å²) in [5.41, 5.74) is 0.205. The van der Waals surface area contributed by atoms with Gasteiger partial charge in [0, 0.05) is 18.6 Å². The lowest BCUT2D eigenvalue weighted by molar-refractivity contribution is -0.139. The number of hydrogen-bond donors (Lipinski definition) is 1. The molecular formula is C10H17NO2. The summed E-state index contributed by atoms with van der Waals surface area (Å²) in [5.74, 6) is 0.260. The first-order chi connectivity index (χ1) is 5.91. The van der Waals surface area contributed by atoms with E-state index in [1.807, 2.05) is 0 Å². The fourth-order valence-electron chi connectivity index (χ4n) is 2.44. The largest absolute Gasteiger partial charge is 0.481 e. The molecule has 3 nitrogen and oxygen atoms in total. The minimum Gasteiger partial charge on any atom is -0.481 e. The van der Waals surface area contributed by atoms with Gasteiger partial charge in [-0.05, 0) is 32.6 Å². The first-order valence-corrected chi connectivity index (χ1v) is 4.89. The monoisotopic (exact) mass is 183 g/mol. The second-order valence-electron chi connectivity index (χ2n) is 5.27. The first kappa shape index (κ1) is 9.00. The number of carboxylic acids is 1. The van der Waals surface area contributed by atoms with Crippen LogP contribution >= 0.6 is 0 Å². The molecule has 1 saturated carbocycles. The van der Waals surface area contributed by atoms with E-state index in [-0.39, 0.29) is 11.5 Å². The summed E-state index contributed by atoms with van der Waals surface area (Å²) < 4.78 is 0. The van der Waals surface area contributed by atoms with Crippen LogP contribution < -0.4 is 0 Å². The molecule has 1 aliphatic carbocycles. The minimum atomic E-state index is -0.594. The molecule has 1 aliphatic heterocycles. The molecule has 74 valence electrons. The molecule has 1 N–H and O–H groups in total. The highest BCUT2D eigenvalue weighted by Gasteiger charge is 2.60. The molecule has 2 rings (SSSR count). The lowest BCUT2D eigenvalue weighted by atomic mass is 10.1. The van der Waals surface area contributed by atoms with Crippen LogP contribution in [0.4, 0.5) is 0 Å². The van der Waals surface area contributed by atoms with E-state index in [2.05, 4.69) is 25.7 Å². The average molecular weight is 183 g/mol. The van der Waals surface area contributed by atoms with Crippen molar-refractivity contribution in [3.63, 3.8) is 0 Å². The summed E-state index contributed by atoms with van der Waals surface area (Å²) in [5, 5.41) is 8.83. The number of likely N-dealkylation sites (tertiary alicyclic amines) is 1. The molecule has 2 aliphatic rings. The van der Waals surface area contributed by atoms with Gasteiger partial charge in [-0.2, -0.15) is 0 Å². The van der Waals surface area contributed by atoms with Crippen LogP contribution in [0, 0.1) is 17.8 Å². The first-order valence-electron chi connectivity index (χ1n) is 4.89. The van der Waals surface area contributed by atoms with Gasteiger partial charge in [0.05, 0.1) is 5.92 Å². The average Bonchev–Trinajstić information content (AvgIpc) is 2.46. The van der Waals surface area contributed by atoms with Crippen molar-refractivity contribution in [3.8, 4) is 0 Å². The zero-order chi connectivity index (χ0) is 9.80. The fourth-order valence-corrected chi connectivity index (χ4v) is 2.44. The van der Waals surface area contributed by atoms with Gasteiger partial charge in [0.1, 0.15) is 0 Å². The van der Waals surface area contributed by atoms with E-state index in [1.165, 1.54) is 0 Å². The molecule has 2 atom stereocenters. The smallest absolute Gasteiger partial charge is 0.307 e. The van der Waals surface area contributed by atoms with Crippen molar-refractivity contribution < 1.29 is 9.90 Å². The van der Waals surface area contributed by atoms with Gasteiger partial charge in [-0.1, -0.05) is 0 Å². The highest BCUT2D eigenvalue weighted by molar-refractivity contribution is 5.74. The van der Waals surface area contributed by atoms with Crippen molar-refractivity contribution in [1.82, 2.24) is 4.90 Å². The minimum absolute atomic E-state index is 0.0291. The molecule has 0 aromatic heterocycles. The Morgan fingerprint density at radius 1 is 1.31 bits per heavy atom. The van der Waals surface area contributed by atoms with Gasteiger partial charge in [-0.3, -0.25) is 9.69 Å². The molecule has 0 amide bonds. The van der Waals surface area contributed by atoms with Gasteiger partial charge in [0.25, 0.3) is 0 Å². The van der Waals surface area contributed by atoms with Crippen LogP contribution in [0.15, 0.2) is 0 Å². The van der Waals surface area contributed by atoms with Crippen molar-refractivity contribution in [2.24, 2.45) is 17.8 Å². The Bertz CT molecular complexity index is 232. The molecule has 1 saturated heterocycles. The Balaban J connectivity index is 1.94. The van der Waals surface area contributed by atoms with Gasteiger partial charge in [-0.25, -0.2) is 0 Å². The summed E-state index contributed by atoms with van der Waals surface area (Å²) >= 11 is 0. The van der Waals surface area contributed by atoms with E-state index >= 15 is 0 Å². The predicted molar refractivity (Wildman–Crippen MR) is 49.4 cm³/mol. The van der Waals surface area contributed by atoms with E-state index < -0.39 is 5.97 Å². The predicted octanol–water partition coefficient (Wildman–Crippen LogP) is 1.05. The van der Waals surface area contributed by atoms with Crippen LogP contribution in [-0.2, 0) is 4.79 Å². The molecule has 0 aromatic rings. The molecule has 0 bridgehead atoms. The normalized spacial score (nSPS) is 38.8. The lowest BCUT2D eigenvalue weighted by Crippen LogP contribution is -2.41. The summed E-state index contributed by atoms with van der Waals surface area (Å²) in [7, 11) is 0. The Labute approximate surface area is 78.7 Å². The van der Waals surface area contributed by atoms with E-state index in [0.29, 0.717) is 11.8 Å². The number of hydrogen-bond acceptors (Lipinski definition) is 2. The summed E-state index contributed by atoms with van der Waals surface area (Å²) in [4.78, 5) is 13.1. The summed E-state index contributed by atoms with van der Waals surface area (Å²) in [6, 6.07) is 0. The Morgan fingerprint density at radius 2 is 1.77 bits per heavy atom. The quantitative estimate of drug-likeness (QED) is 0.660. The van der Waals surface area contributed by atoms with Crippen LogP contribution in [0.5, 0.6) is 0 Å². The number of aliphatic carboxylic acids is 1. The molecule has 2 fully saturated rings. The van der Waals surface area contributed by atoms with Crippen LogP contribution in [0.1, 0.15) is 20.8 Å². The summed E-state index contributed by atoms with van der Waals surface area (Å²) in [6.07, 6.45) is 0.